The molecule has 7 heteroatoms. The second-order valence-electron chi connectivity index (χ2n) is 5.79. The molecule has 1 saturated heterocycles. The van der Waals surface area contributed by atoms with E-state index in [1.54, 1.807) is 0 Å². The number of carboxylic acids is 1. The molecule has 0 saturated carbocycles. The Morgan fingerprint density at radius 3 is 3.00 bits per heavy atom. The molecule has 1 aromatic rings. The molecular formula is C13H20N4O3. The Morgan fingerprint density at radius 1 is 1.60 bits per heavy atom. The van der Waals surface area contributed by atoms with Crippen LogP contribution in [0.3, 0.4) is 0 Å². The average Bonchev–Trinajstić information content (AvgIpc) is 2.74. The zero-order chi connectivity index (χ0) is 14.8. The maximum atomic E-state index is 12.3. The van der Waals surface area contributed by atoms with Crippen LogP contribution in [-0.2, 0) is 16.1 Å². The van der Waals surface area contributed by atoms with Gasteiger partial charge in [-0.05, 0) is 24.8 Å². The predicted octanol–water partition coefficient (Wildman–Crippen LogP) is 0.684. The molecule has 1 aromatic heterocycles. The molecule has 20 heavy (non-hydrogen) atoms. The highest BCUT2D eigenvalue weighted by Crippen LogP contribution is 2.30. The number of aromatic nitrogens is 2. The van der Waals surface area contributed by atoms with Crippen molar-refractivity contribution < 1.29 is 14.7 Å². The lowest BCUT2D eigenvalue weighted by molar-refractivity contribution is -0.137. The molecule has 110 valence electrons. The summed E-state index contributed by atoms with van der Waals surface area (Å²) in [5.41, 5.74) is 0.416. The number of rotatable bonds is 4. The highest BCUT2D eigenvalue weighted by Gasteiger charge is 2.37. The van der Waals surface area contributed by atoms with Crippen molar-refractivity contribution in [1.82, 2.24) is 15.1 Å². The summed E-state index contributed by atoms with van der Waals surface area (Å²) in [5, 5.41) is 18.6. The minimum atomic E-state index is -0.971. The highest BCUT2D eigenvalue weighted by atomic mass is 16.4. The Bertz CT molecular complexity index is 509. The van der Waals surface area contributed by atoms with Crippen molar-refractivity contribution >= 4 is 17.6 Å². The first-order valence-corrected chi connectivity index (χ1v) is 6.67. The standard InChI is InChI=1S/C13H20N4O3/c1-13(2)4-3-5-14-11(13)12(20)16-9-6-15-17(7-9)8-10(18)19/h6-7,11,14H,3-5,8H2,1-2H3,(H,16,20)(H,18,19). The van der Waals surface area contributed by atoms with Gasteiger partial charge >= 0.3 is 5.97 Å². The molecule has 0 radical (unpaired) electrons. The summed E-state index contributed by atoms with van der Waals surface area (Å²) in [6.45, 7) is 4.75. The van der Waals surface area contributed by atoms with Gasteiger partial charge in [0.25, 0.3) is 0 Å². The Hall–Kier alpha value is -1.89. The van der Waals surface area contributed by atoms with Gasteiger partial charge in [-0.2, -0.15) is 5.10 Å². The van der Waals surface area contributed by atoms with Crippen LogP contribution in [0.4, 0.5) is 5.69 Å². The van der Waals surface area contributed by atoms with Gasteiger partial charge in [0.15, 0.2) is 0 Å². The van der Waals surface area contributed by atoms with Crippen LogP contribution >= 0.6 is 0 Å². The maximum absolute atomic E-state index is 12.3. The van der Waals surface area contributed by atoms with Gasteiger partial charge in [-0.1, -0.05) is 13.8 Å². The number of nitrogens with zero attached hydrogens (tertiary/aromatic N) is 2. The van der Waals surface area contributed by atoms with Crippen LogP contribution in [0.25, 0.3) is 0 Å². The minimum absolute atomic E-state index is 0.0978. The lowest BCUT2D eigenvalue weighted by atomic mass is 9.77. The quantitative estimate of drug-likeness (QED) is 0.754. The van der Waals surface area contributed by atoms with Gasteiger partial charge in [0, 0.05) is 6.20 Å². The second kappa shape index (κ2) is 5.62. The van der Waals surface area contributed by atoms with Crippen molar-refractivity contribution in [3.63, 3.8) is 0 Å². The van der Waals surface area contributed by atoms with Crippen molar-refractivity contribution in [2.45, 2.75) is 39.3 Å². The largest absolute Gasteiger partial charge is 0.480 e. The lowest BCUT2D eigenvalue weighted by Crippen LogP contribution is -2.53. The average molecular weight is 280 g/mol. The first-order valence-electron chi connectivity index (χ1n) is 6.67. The fourth-order valence-corrected chi connectivity index (χ4v) is 2.53. The first-order chi connectivity index (χ1) is 9.38. The van der Waals surface area contributed by atoms with Gasteiger partial charge < -0.3 is 15.7 Å². The maximum Gasteiger partial charge on any atom is 0.325 e. The van der Waals surface area contributed by atoms with Crippen LogP contribution in [0.15, 0.2) is 12.4 Å². The van der Waals surface area contributed by atoms with Gasteiger partial charge in [0.05, 0.1) is 17.9 Å². The third kappa shape index (κ3) is 3.36. The summed E-state index contributed by atoms with van der Waals surface area (Å²) < 4.78 is 1.28. The van der Waals surface area contributed by atoms with E-state index in [0.29, 0.717) is 5.69 Å². The van der Waals surface area contributed by atoms with E-state index < -0.39 is 5.97 Å². The summed E-state index contributed by atoms with van der Waals surface area (Å²) in [5.74, 6) is -1.08. The molecule has 1 amide bonds. The van der Waals surface area contributed by atoms with E-state index in [1.165, 1.54) is 17.1 Å². The normalized spacial score (nSPS) is 21.4. The molecular weight excluding hydrogens is 260 g/mol. The number of amides is 1. The molecule has 2 heterocycles. The van der Waals surface area contributed by atoms with E-state index >= 15 is 0 Å². The van der Waals surface area contributed by atoms with E-state index in [4.69, 9.17) is 5.11 Å². The monoisotopic (exact) mass is 280 g/mol. The van der Waals surface area contributed by atoms with Crippen molar-refractivity contribution in [3.8, 4) is 0 Å². The predicted molar refractivity (Wildman–Crippen MR) is 73.3 cm³/mol. The Kier molecular flexibility index (Phi) is 4.08. The fraction of sp³-hybridized carbons (Fsp3) is 0.615. The van der Waals surface area contributed by atoms with Crippen LogP contribution < -0.4 is 10.6 Å². The molecule has 0 spiro atoms. The number of nitrogens with one attached hydrogen (secondary N) is 2. The van der Waals surface area contributed by atoms with Gasteiger partial charge in [0.2, 0.25) is 5.91 Å². The van der Waals surface area contributed by atoms with Crippen molar-refractivity contribution in [3.05, 3.63) is 12.4 Å². The molecule has 1 aliphatic heterocycles. The van der Waals surface area contributed by atoms with E-state index in [2.05, 4.69) is 29.6 Å². The summed E-state index contributed by atoms with van der Waals surface area (Å²) in [7, 11) is 0. The van der Waals surface area contributed by atoms with Crippen LogP contribution in [0.2, 0.25) is 0 Å². The molecule has 3 N–H and O–H groups in total. The summed E-state index contributed by atoms with van der Waals surface area (Å²) >= 11 is 0. The number of anilines is 1. The van der Waals surface area contributed by atoms with Gasteiger partial charge in [0.1, 0.15) is 6.54 Å². The second-order valence-corrected chi connectivity index (χ2v) is 5.79. The molecule has 2 rings (SSSR count). The van der Waals surface area contributed by atoms with Crippen LogP contribution in [0, 0.1) is 5.41 Å². The summed E-state index contributed by atoms with van der Waals surface area (Å²) in [6, 6.07) is -0.251. The molecule has 1 aliphatic rings. The van der Waals surface area contributed by atoms with Gasteiger partial charge in [-0.15, -0.1) is 0 Å². The SMILES string of the molecule is CC1(C)CCCNC1C(=O)Nc1cnn(CC(=O)O)c1. The Morgan fingerprint density at radius 2 is 2.35 bits per heavy atom. The van der Waals surface area contributed by atoms with Crippen LogP contribution in [0.1, 0.15) is 26.7 Å². The van der Waals surface area contributed by atoms with E-state index in [0.717, 1.165) is 19.4 Å². The molecule has 1 atom stereocenters. The first kappa shape index (κ1) is 14.5. The number of carboxylic acid groups (broad SMARTS) is 1. The zero-order valence-electron chi connectivity index (χ0n) is 11.7. The van der Waals surface area contributed by atoms with E-state index in [1.807, 2.05) is 0 Å². The topological polar surface area (TPSA) is 96.3 Å². The van der Waals surface area contributed by atoms with Crippen molar-refractivity contribution in [1.29, 1.82) is 0 Å². The van der Waals surface area contributed by atoms with E-state index in [9.17, 15) is 9.59 Å². The number of carbonyl (C=O) groups is 2. The number of hydrogen-bond acceptors (Lipinski definition) is 4. The summed E-state index contributed by atoms with van der Waals surface area (Å²) in [4.78, 5) is 22.9. The lowest BCUT2D eigenvalue weighted by Gasteiger charge is -2.38. The molecule has 0 aliphatic carbocycles. The van der Waals surface area contributed by atoms with Crippen LogP contribution in [0.5, 0.6) is 0 Å². The smallest absolute Gasteiger partial charge is 0.325 e. The van der Waals surface area contributed by atoms with Gasteiger partial charge in [-0.25, -0.2) is 0 Å². The third-order valence-electron chi connectivity index (χ3n) is 3.59. The van der Waals surface area contributed by atoms with Crippen molar-refractivity contribution in [2.75, 3.05) is 11.9 Å². The zero-order valence-corrected chi connectivity index (χ0v) is 11.7. The Labute approximate surface area is 117 Å². The Balaban J connectivity index is 2.00. The van der Waals surface area contributed by atoms with Gasteiger partial charge in [-0.3, -0.25) is 14.3 Å². The molecule has 0 aromatic carbocycles. The molecule has 1 unspecified atom stereocenters. The molecule has 7 nitrogen and oxygen atoms in total. The fourth-order valence-electron chi connectivity index (χ4n) is 2.53. The number of hydrogen-bond donors (Lipinski definition) is 3. The number of piperidine rings is 1. The third-order valence-corrected chi connectivity index (χ3v) is 3.59. The highest BCUT2D eigenvalue weighted by molar-refractivity contribution is 5.95. The van der Waals surface area contributed by atoms with E-state index in [-0.39, 0.29) is 23.9 Å². The summed E-state index contributed by atoms with van der Waals surface area (Å²) in [6.07, 6.45) is 5.03. The molecule has 1 fully saturated rings. The molecule has 0 bridgehead atoms. The number of carbonyl (C=O) groups excluding carboxylic acids is 1. The van der Waals surface area contributed by atoms with Crippen LogP contribution in [-0.4, -0.2) is 39.4 Å². The minimum Gasteiger partial charge on any atom is -0.480 e. The van der Waals surface area contributed by atoms with Crippen molar-refractivity contribution in [2.24, 2.45) is 5.41 Å². The number of aliphatic carboxylic acids is 1.